The van der Waals surface area contributed by atoms with Gasteiger partial charge in [0.15, 0.2) is 0 Å². The number of para-hydroxylation sites is 2. The van der Waals surface area contributed by atoms with E-state index in [1.54, 1.807) is 24.3 Å². The second-order valence-corrected chi connectivity index (χ2v) is 8.53. The van der Waals surface area contributed by atoms with Gasteiger partial charge in [0.25, 0.3) is 0 Å². The molecule has 3 aromatic rings. The van der Waals surface area contributed by atoms with Crippen LogP contribution in [0.1, 0.15) is 37.3 Å². The molecule has 0 N–H and O–H groups in total. The summed E-state index contributed by atoms with van der Waals surface area (Å²) in [6.07, 6.45) is 1.30. The second-order valence-electron chi connectivity index (χ2n) is 6.63. The van der Waals surface area contributed by atoms with E-state index in [0.717, 1.165) is 12.0 Å². The highest BCUT2D eigenvalue weighted by atomic mass is 31.2. The average Bonchev–Trinajstić information content (AvgIpc) is 2.69. The smallest absolute Gasteiger partial charge is 0.416 e. The van der Waals surface area contributed by atoms with Crippen LogP contribution < -0.4 is 9.05 Å². The predicted octanol–water partition coefficient (Wildman–Crippen LogP) is 7.05. The van der Waals surface area contributed by atoms with Gasteiger partial charge in [-0.15, -0.1) is 0 Å². The van der Waals surface area contributed by atoms with Gasteiger partial charge in [0.2, 0.25) is 0 Å². The molecule has 0 spiro atoms. The minimum absolute atomic E-state index is 0.206. The van der Waals surface area contributed by atoms with Gasteiger partial charge >= 0.3 is 7.60 Å². The number of benzene rings is 3. The van der Waals surface area contributed by atoms with Crippen LogP contribution in [0.15, 0.2) is 84.9 Å². The van der Waals surface area contributed by atoms with Crippen molar-refractivity contribution in [1.29, 1.82) is 0 Å². The molecule has 0 saturated heterocycles. The fourth-order valence-electron chi connectivity index (χ4n) is 2.78. The van der Waals surface area contributed by atoms with Crippen molar-refractivity contribution in [1.82, 2.24) is 0 Å². The summed E-state index contributed by atoms with van der Waals surface area (Å²) in [6, 6.07) is 26.5. The normalized spacial score (nSPS) is 12.4. The Labute approximate surface area is 161 Å². The monoisotopic (exact) mass is 380 g/mol. The molecule has 1 unspecified atom stereocenters. The molecular formula is C23H25O3P. The van der Waals surface area contributed by atoms with E-state index in [4.69, 9.17) is 9.05 Å². The van der Waals surface area contributed by atoms with E-state index < -0.39 is 7.60 Å². The summed E-state index contributed by atoms with van der Waals surface area (Å²) >= 11 is 0. The van der Waals surface area contributed by atoms with Gasteiger partial charge in [-0.2, -0.15) is 0 Å². The van der Waals surface area contributed by atoms with E-state index in [2.05, 4.69) is 26.0 Å². The highest BCUT2D eigenvalue weighted by Gasteiger charge is 2.29. The second kappa shape index (κ2) is 8.92. The molecule has 0 aromatic heterocycles. The van der Waals surface area contributed by atoms with Gasteiger partial charge in [-0.05, 0) is 47.7 Å². The minimum Gasteiger partial charge on any atom is -0.416 e. The standard InChI is InChI=1S/C23H25O3P/c1-3-19(2)21-16-14-20(15-17-21)18-27(24,25-22-10-6-4-7-11-22)26-23-12-8-5-9-13-23/h4-17,19H,3,18H2,1-2H3. The van der Waals surface area contributed by atoms with Crippen molar-refractivity contribution in [2.75, 3.05) is 0 Å². The van der Waals surface area contributed by atoms with Gasteiger partial charge in [-0.3, -0.25) is 0 Å². The third-order valence-electron chi connectivity index (χ3n) is 4.51. The molecule has 1 atom stereocenters. The lowest BCUT2D eigenvalue weighted by atomic mass is 9.98. The first-order chi connectivity index (χ1) is 13.1. The zero-order chi connectivity index (χ0) is 19.1. The topological polar surface area (TPSA) is 35.5 Å². The van der Waals surface area contributed by atoms with Gasteiger partial charge < -0.3 is 9.05 Å². The number of hydrogen-bond donors (Lipinski definition) is 0. The Morgan fingerprint density at radius 1 is 0.778 bits per heavy atom. The van der Waals surface area contributed by atoms with E-state index in [1.807, 2.05) is 48.5 Å². The Morgan fingerprint density at radius 2 is 1.26 bits per heavy atom. The average molecular weight is 380 g/mol. The van der Waals surface area contributed by atoms with Gasteiger partial charge in [0.05, 0.1) is 6.16 Å². The van der Waals surface area contributed by atoms with Crippen molar-refractivity contribution in [2.24, 2.45) is 0 Å². The van der Waals surface area contributed by atoms with Crippen molar-refractivity contribution in [3.8, 4) is 11.5 Å². The van der Waals surface area contributed by atoms with Crippen molar-refractivity contribution in [3.05, 3.63) is 96.1 Å². The molecule has 0 saturated carbocycles. The molecule has 27 heavy (non-hydrogen) atoms. The third kappa shape index (κ3) is 5.48. The maximum Gasteiger partial charge on any atom is 0.435 e. The molecule has 0 aliphatic heterocycles. The first-order valence-electron chi connectivity index (χ1n) is 9.25. The maximum atomic E-state index is 13.6. The molecule has 0 aliphatic rings. The molecule has 3 rings (SSSR count). The molecule has 0 bridgehead atoms. The summed E-state index contributed by atoms with van der Waals surface area (Å²) < 4.78 is 25.2. The van der Waals surface area contributed by atoms with Crippen LogP contribution in [0.4, 0.5) is 0 Å². The molecule has 0 aliphatic carbocycles. The van der Waals surface area contributed by atoms with E-state index in [9.17, 15) is 4.57 Å². The van der Waals surface area contributed by atoms with Crippen LogP contribution in [0.3, 0.4) is 0 Å². The summed E-state index contributed by atoms with van der Waals surface area (Å²) in [7, 11) is -3.43. The lowest BCUT2D eigenvalue weighted by Gasteiger charge is -2.20. The quantitative estimate of drug-likeness (QED) is 0.393. The van der Waals surface area contributed by atoms with Gasteiger partial charge in [0, 0.05) is 0 Å². The molecule has 140 valence electrons. The van der Waals surface area contributed by atoms with Crippen molar-refractivity contribution >= 4 is 7.60 Å². The first kappa shape index (κ1) is 19.3. The van der Waals surface area contributed by atoms with Gasteiger partial charge in [0.1, 0.15) is 11.5 Å². The van der Waals surface area contributed by atoms with Crippen molar-refractivity contribution < 1.29 is 13.6 Å². The maximum absolute atomic E-state index is 13.6. The molecule has 0 fully saturated rings. The highest BCUT2D eigenvalue weighted by molar-refractivity contribution is 7.53. The van der Waals surface area contributed by atoms with E-state index in [0.29, 0.717) is 17.4 Å². The Morgan fingerprint density at radius 3 is 1.70 bits per heavy atom. The van der Waals surface area contributed by atoms with Crippen LogP contribution in [0.2, 0.25) is 0 Å². The third-order valence-corrected chi connectivity index (χ3v) is 6.24. The number of hydrogen-bond acceptors (Lipinski definition) is 3. The zero-order valence-electron chi connectivity index (χ0n) is 15.7. The van der Waals surface area contributed by atoms with Gasteiger partial charge in [-0.25, -0.2) is 4.57 Å². The fourth-order valence-corrected chi connectivity index (χ4v) is 4.49. The Bertz CT molecular complexity index is 831. The highest BCUT2D eigenvalue weighted by Crippen LogP contribution is 2.51. The largest absolute Gasteiger partial charge is 0.435 e. The molecule has 4 heteroatoms. The molecule has 0 heterocycles. The number of rotatable bonds is 8. The SMILES string of the molecule is CCC(C)c1ccc(CP(=O)(Oc2ccccc2)Oc2ccccc2)cc1. The molecule has 3 nitrogen and oxygen atoms in total. The van der Waals surface area contributed by atoms with Crippen LogP contribution in [-0.4, -0.2) is 0 Å². The molecule has 3 aromatic carbocycles. The molecule has 0 radical (unpaired) electrons. The lowest BCUT2D eigenvalue weighted by Crippen LogP contribution is -2.04. The molecule has 0 amide bonds. The van der Waals surface area contributed by atoms with E-state index >= 15 is 0 Å². The minimum atomic E-state index is -3.43. The fraction of sp³-hybridized carbons (Fsp3) is 0.217. The van der Waals surface area contributed by atoms with Crippen LogP contribution in [-0.2, 0) is 10.7 Å². The Hall–Kier alpha value is -2.51. The summed E-state index contributed by atoms with van der Waals surface area (Å²) in [5.41, 5.74) is 2.21. The van der Waals surface area contributed by atoms with Crippen molar-refractivity contribution in [2.45, 2.75) is 32.3 Å². The van der Waals surface area contributed by atoms with Gasteiger partial charge in [-0.1, -0.05) is 74.5 Å². The summed E-state index contributed by atoms with van der Waals surface area (Å²) in [6.45, 7) is 4.38. The van der Waals surface area contributed by atoms with Crippen LogP contribution in [0, 0.1) is 0 Å². The van der Waals surface area contributed by atoms with E-state index in [-0.39, 0.29) is 6.16 Å². The molecular weight excluding hydrogens is 355 g/mol. The summed E-state index contributed by atoms with van der Waals surface area (Å²) in [4.78, 5) is 0. The lowest BCUT2D eigenvalue weighted by molar-refractivity contribution is 0.384. The first-order valence-corrected chi connectivity index (χ1v) is 11.0. The summed E-state index contributed by atoms with van der Waals surface area (Å²) in [5.74, 6) is 1.58. The van der Waals surface area contributed by atoms with Crippen molar-refractivity contribution in [3.63, 3.8) is 0 Å². The zero-order valence-corrected chi connectivity index (χ0v) is 16.6. The van der Waals surface area contributed by atoms with Crippen LogP contribution >= 0.6 is 7.60 Å². The summed E-state index contributed by atoms with van der Waals surface area (Å²) in [5, 5.41) is 0. The Kier molecular flexibility index (Phi) is 6.36. The Balaban J connectivity index is 1.84. The predicted molar refractivity (Wildman–Crippen MR) is 111 cm³/mol. The van der Waals surface area contributed by atoms with Crippen LogP contribution in [0.5, 0.6) is 11.5 Å². The van der Waals surface area contributed by atoms with Crippen LogP contribution in [0.25, 0.3) is 0 Å². The van der Waals surface area contributed by atoms with E-state index in [1.165, 1.54) is 5.56 Å².